The van der Waals surface area contributed by atoms with E-state index in [2.05, 4.69) is 173 Å². The van der Waals surface area contributed by atoms with Crippen LogP contribution in [-0.2, 0) is 0 Å². The van der Waals surface area contributed by atoms with Crippen LogP contribution in [-0.4, -0.2) is 9.13 Å². The van der Waals surface area contributed by atoms with Crippen molar-refractivity contribution in [2.75, 3.05) is 0 Å². The molecule has 240 valence electrons. The van der Waals surface area contributed by atoms with Crippen LogP contribution in [0.3, 0.4) is 0 Å². The number of hydrogen-bond donors (Lipinski definition) is 0. The van der Waals surface area contributed by atoms with Gasteiger partial charge in [-0.3, -0.25) is 0 Å². The van der Waals surface area contributed by atoms with Gasteiger partial charge in [0.15, 0.2) is 0 Å². The molecule has 0 amide bonds. The molecule has 0 atom stereocenters. The van der Waals surface area contributed by atoms with Crippen molar-refractivity contribution in [2.45, 2.75) is 0 Å². The summed E-state index contributed by atoms with van der Waals surface area (Å²) in [6, 6.07) is 65.6. The Labute approximate surface area is 294 Å². The van der Waals surface area contributed by atoms with Crippen molar-refractivity contribution < 1.29 is 4.39 Å². The fourth-order valence-corrected chi connectivity index (χ4v) is 7.76. The van der Waals surface area contributed by atoms with Crippen LogP contribution in [0.4, 0.5) is 4.39 Å². The number of nitrogens with zero attached hydrogens (tertiary/aromatic N) is 2. The number of hydrogen-bond acceptors (Lipinski definition) is 0. The first-order valence-corrected chi connectivity index (χ1v) is 17.3. The Bertz CT molecular complexity index is 2900. The summed E-state index contributed by atoms with van der Waals surface area (Å²) in [6.45, 7) is 0. The average molecular weight is 655 g/mol. The molecule has 2 heterocycles. The van der Waals surface area contributed by atoms with Crippen molar-refractivity contribution in [3.8, 4) is 44.8 Å². The zero-order valence-electron chi connectivity index (χ0n) is 27.7. The van der Waals surface area contributed by atoms with Gasteiger partial charge in [0.1, 0.15) is 5.82 Å². The smallest absolute Gasteiger partial charge is 0.123 e. The van der Waals surface area contributed by atoms with E-state index in [9.17, 15) is 4.39 Å². The van der Waals surface area contributed by atoms with E-state index in [1.54, 1.807) is 0 Å². The molecule has 0 aliphatic rings. The van der Waals surface area contributed by atoms with E-state index in [1.807, 2.05) is 12.1 Å². The molecule has 0 saturated carbocycles. The van der Waals surface area contributed by atoms with Gasteiger partial charge in [-0.15, -0.1) is 0 Å². The molecule has 0 N–H and O–H groups in total. The summed E-state index contributed by atoms with van der Waals surface area (Å²) >= 11 is 0. The molecule has 0 saturated heterocycles. The highest BCUT2D eigenvalue weighted by atomic mass is 19.1. The van der Waals surface area contributed by atoms with E-state index in [-0.39, 0.29) is 5.82 Å². The highest BCUT2D eigenvalue weighted by molar-refractivity contribution is 6.12. The third kappa shape index (κ3) is 4.86. The topological polar surface area (TPSA) is 9.86 Å². The molecule has 3 heteroatoms. The van der Waals surface area contributed by atoms with Crippen LogP contribution >= 0.6 is 0 Å². The molecule has 8 aromatic carbocycles. The van der Waals surface area contributed by atoms with Crippen LogP contribution in [0.2, 0.25) is 0 Å². The Morgan fingerprint density at radius 1 is 0.275 bits per heavy atom. The van der Waals surface area contributed by atoms with Gasteiger partial charge >= 0.3 is 0 Å². The van der Waals surface area contributed by atoms with Gasteiger partial charge in [-0.05, 0) is 106 Å². The Balaban J connectivity index is 1.09. The maximum Gasteiger partial charge on any atom is 0.123 e. The maximum atomic E-state index is 13.5. The second-order valence-electron chi connectivity index (χ2n) is 13.1. The lowest BCUT2D eigenvalue weighted by Gasteiger charge is -2.11. The summed E-state index contributed by atoms with van der Waals surface area (Å²) in [4.78, 5) is 0. The zero-order chi connectivity index (χ0) is 33.9. The standard InChI is InChI=1S/C48H31FN2/c49-38-23-17-33(18-24-38)34-19-25-39(26-20-34)50-45-15-6-4-13-41(45)43-30-36(21-27-47(43)50)37-22-28-48-44(31-37)42-14-5-7-16-46(42)51(48)40-12-8-11-35(29-40)32-9-2-1-3-10-32/h1-31H. The fraction of sp³-hybridized carbons (Fsp3) is 0. The summed E-state index contributed by atoms with van der Waals surface area (Å²) in [5, 5.41) is 4.90. The van der Waals surface area contributed by atoms with Gasteiger partial charge in [-0.25, -0.2) is 4.39 Å². The minimum Gasteiger partial charge on any atom is -0.309 e. The average Bonchev–Trinajstić information content (AvgIpc) is 3.71. The van der Waals surface area contributed by atoms with Crippen molar-refractivity contribution in [1.82, 2.24) is 9.13 Å². The van der Waals surface area contributed by atoms with Gasteiger partial charge in [0.2, 0.25) is 0 Å². The number of benzene rings is 8. The number of fused-ring (bicyclic) bond motifs is 6. The van der Waals surface area contributed by atoms with E-state index in [0.717, 1.165) is 33.5 Å². The van der Waals surface area contributed by atoms with Gasteiger partial charge in [0.25, 0.3) is 0 Å². The first-order chi connectivity index (χ1) is 25.2. The Hall–Kier alpha value is -6.71. The lowest BCUT2D eigenvalue weighted by atomic mass is 10.0. The second kappa shape index (κ2) is 11.7. The highest BCUT2D eigenvalue weighted by Crippen LogP contribution is 2.39. The van der Waals surface area contributed by atoms with Crippen LogP contribution < -0.4 is 0 Å². The zero-order valence-corrected chi connectivity index (χ0v) is 27.7. The molecule has 2 aromatic heterocycles. The second-order valence-corrected chi connectivity index (χ2v) is 13.1. The normalized spacial score (nSPS) is 11.6. The lowest BCUT2D eigenvalue weighted by molar-refractivity contribution is 0.628. The van der Waals surface area contributed by atoms with Crippen LogP contribution in [0.25, 0.3) is 88.4 Å². The highest BCUT2D eigenvalue weighted by Gasteiger charge is 2.16. The Morgan fingerprint density at radius 2 is 0.706 bits per heavy atom. The molecule has 0 fully saturated rings. The van der Waals surface area contributed by atoms with Gasteiger partial charge < -0.3 is 9.13 Å². The van der Waals surface area contributed by atoms with Gasteiger partial charge in [-0.1, -0.05) is 115 Å². The molecule has 0 aliphatic heterocycles. The Morgan fingerprint density at radius 3 is 1.31 bits per heavy atom. The van der Waals surface area contributed by atoms with Crippen molar-refractivity contribution in [1.29, 1.82) is 0 Å². The number of rotatable bonds is 5. The number of halogens is 1. The SMILES string of the molecule is Fc1ccc(-c2ccc(-n3c4ccccc4c4cc(-c5ccc6c(c5)c5ccccc5n6-c5cccc(-c6ccccc6)c5)ccc43)cc2)cc1. The van der Waals surface area contributed by atoms with Crippen molar-refractivity contribution in [3.05, 3.63) is 194 Å². The molecule has 2 nitrogen and oxygen atoms in total. The molecule has 0 radical (unpaired) electrons. The molecule has 0 bridgehead atoms. The minimum atomic E-state index is -0.225. The summed E-state index contributed by atoms with van der Waals surface area (Å²) < 4.78 is 18.3. The van der Waals surface area contributed by atoms with Crippen molar-refractivity contribution in [3.63, 3.8) is 0 Å². The van der Waals surface area contributed by atoms with Crippen LogP contribution in [0.1, 0.15) is 0 Å². The maximum absolute atomic E-state index is 13.5. The summed E-state index contributed by atoms with van der Waals surface area (Å²) in [6.07, 6.45) is 0. The number of aromatic nitrogens is 2. The Kier molecular flexibility index (Phi) is 6.71. The monoisotopic (exact) mass is 654 g/mol. The summed E-state index contributed by atoms with van der Waals surface area (Å²) in [5.41, 5.74) is 13.8. The number of para-hydroxylation sites is 2. The van der Waals surface area contributed by atoms with E-state index < -0.39 is 0 Å². The predicted molar refractivity (Wildman–Crippen MR) is 211 cm³/mol. The lowest BCUT2D eigenvalue weighted by Crippen LogP contribution is -1.94. The van der Waals surface area contributed by atoms with Gasteiger partial charge in [-0.2, -0.15) is 0 Å². The third-order valence-electron chi connectivity index (χ3n) is 10.2. The molecule has 0 aliphatic carbocycles. The quantitative estimate of drug-likeness (QED) is 0.175. The molecule has 10 rings (SSSR count). The van der Waals surface area contributed by atoms with E-state index in [4.69, 9.17) is 0 Å². The fourth-order valence-electron chi connectivity index (χ4n) is 7.76. The van der Waals surface area contributed by atoms with Gasteiger partial charge in [0.05, 0.1) is 22.1 Å². The molecular weight excluding hydrogens is 624 g/mol. The molecular formula is C48H31FN2. The molecule has 0 spiro atoms. The van der Waals surface area contributed by atoms with E-state index >= 15 is 0 Å². The summed E-state index contributed by atoms with van der Waals surface area (Å²) in [5.74, 6) is -0.225. The van der Waals surface area contributed by atoms with Crippen molar-refractivity contribution >= 4 is 43.6 Å². The van der Waals surface area contributed by atoms with Crippen LogP contribution in [0.15, 0.2) is 188 Å². The summed E-state index contributed by atoms with van der Waals surface area (Å²) in [7, 11) is 0. The van der Waals surface area contributed by atoms with Crippen LogP contribution in [0.5, 0.6) is 0 Å². The van der Waals surface area contributed by atoms with Gasteiger partial charge in [0, 0.05) is 32.9 Å². The van der Waals surface area contributed by atoms with Crippen molar-refractivity contribution in [2.24, 2.45) is 0 Å². The van der Waals surface area contributed by atoms with E-state index in [0.29, 0.717) is 0 Å². The first kappa shape index (κ1) is 29.2. The minimum absolute atomic E-state index is 0.225. The van der Waals surface area contributed by atoms with E-state index in [1.165, 1.54) is 67.0 Å². The molecule has 10 aromatic rings. The first-order valence-electron chi connectivity index (χ1n) is 17.3. The largest absolute Gasteiger partial charge is 0.309 e. The van der Waals surface area contributed by atoms with Crippen LogP contribution in [0, 0.1) is 5.82 Å². The molecule has 0 unspecified atom stereocenters. The molecule has 51 heavy (non-hydrogen) atoms. The third-order valence-corrected chi connectivity index (χ3v) is 10.2. The predicted octanol–water partition coefficient (Wildman–Crippen LogP) is 13.0.